The van der Waals surface area contributed by atoms with E-state index in [2.05, 4.69) is 6.92 Å². The molecule has 5 nitrogen and oxygen atoms in total. The van der Waals surface area contributed by atoms with Gasteiger partial charge in [0, 0.05) is 12.3 Å². The van der Waals surface area contributed by atoms with Gasteiger partial charge in [-0.25, -0.2) is 0 Å². The first-order chi connectivity index (χ1) is 13.5. The second kappa shape index (κ2) is 19.4. The monoisotopic (exact) mass is 400 g/mol. The van der Waals surface area contributed by atoms with Crippen molar-refractivity contribution in [2.45, 2.75) is 116 Å². The van der Waals surface area contributed by atoms with Crippen molar-refractivity contribution in [2.24, 2.45) is 5.92 Å². The molecule has 0 aromatic rings. The number of rotatable bonds is 20. The van der Waals surface area contributed by atoms with Gasteiger partial charge in [-0.1, -0.05) is 77.6 Å². The highest BCUT2D eigenvalue weighted by molar-refractivity contribution is 5.78. The van der Waals surface area contributed by atoms with E-state index in [1.165, 1.54) is 51.4 Å². The molecule has 5 heteroatoms. The van der Waals surface area contributed by atoms with Gasteiger partial charge in [-0.05, 0) is 26.2 Å². The maximum atomic E-state index is 11.8. The van der Waals surface area contributed by atoms with Crippen molar-refractivity contribution < 1.29 is 24.5 Å². The predicted octanol–water partition coefficient (Wildman–Crippen LogP) is 4.96. The maximum absolute atomic E-state index is 11.8. The molecule has 166 valence electrons. The minimum Gasteiger partial charge on any atom is -0.463 e. The number of Topliss-reactive ketones (excluding diaryl/α,β-unsaturated/α-hetero) is 1. The largest absolute Gasteiger partial charge is 0.463 e. The van der Waals surface area contributed by atoms with Crippen molar-refractivity contribution in [2.75, 3.05) is 13.2 Å². The molecule has 0 rings (SSSR count). The van der Waals surface area contributed by atoms with E-state index in [9.17, 15) is 9.59 Å². The van der Waals surface area contributed by atoms with Gasteiger partial charge in [0.05, 0.1) is 6.61 Å². The molecule has 0 amide bonds. The number of ketones is 1. The van der Waals surface area contributed by atoms with Crippen LogP contribution in [-0.4, -0.2) is 41.3 Å². The number of carbonyl (C=O) groups excluding carboxylic acids is 2. The van der Waals surface area contributed by atoms with Crippen LogP contribution in [0.1, 0.15) is 110 Å². The molecule has 2 unspecified atom stereocenters. The van der Waals surface area contributed by atoms with Gasteiger partial charge in [-0.15, -0.1) is 0 Å². The molecule has 0 aromatic carbocycles. The maximum Gasteiger partial charge on any atom is 0.305 e. The van der Waals surface area contributed by atoms with E-state index in [0.29, 0.717) is 12.2 Å². The van der Waals surface area contributed by atoms with E-state index in [1.807, 2.05) is 0 Å². The molecule has 2 atom stereocenters. The molecule has 0 radical (unpaired) electrons. The molecule has 0 aliphatic rings. The summed E-state index contributed by atoms with van der Waals surface area (Å²) in [4.78, 5) is 23.2. The Hall–Kier alpha value is -0.940. The fourth-order valence-electron chi connectivity index (χ4n) is 3.40. The Kier molecular flexibility index (Phi) is 18.7. The lowest BCUT2D eigenvalue weighted by atomic mass is 9.91. The van der Waals surface area contributed by atoms with Crippen molar-refractivity contribution in [3.63, 3.8) is 0 Å². The summed E-state index contributed by atoms with van der Waals surface area (Å²) in [5.74, 6) is 0.332. The fourth-order valence-corrected chi connectivity index (χ4v) is 3.40. The van der Waals surface area contributed by atoms with Crippen LogP contribution < -0.4 is 0 Å². The van der Waals surface area contributed by atoms with Crippen molar-refractivity contribution in [1.29, 1.82) is 0 Å². The van der Waals surface area contributed by atoms with Gasteiger partial charge in [0.1, 0.15) is 18.5 Å². The van der Waals surface area contributed by atoms with Crippen LogP contribution in [0.4, 0.5) is 0 Å². The van der Waals surface area contributed by atoms with E-state index >= 15 is 0 Å². The molecule has 0 saturated carbocycles. The van der Waals surface area contributed by atoms with Gasteiger partial charge in [0.2, 0.25) is 0 Å². The lowest BCUT2D eigenvalue weighted by molar-refractivity contribution is -0.147. The zero-order chi connectivity index (χ0) is 21.0. The molecule has 0 aliphatic heterocycles. The van der Waals surface area contributed by atoms with Crippen LogP contribution >= 0.6 is 0 Å². The van der Waals surface area contributed by atoms with E-state index in [0.717, 1.165) is 38.5 Å². The van der Waals surface area contributed by atoms with Gasteiger partial charge >= 0.3 is 5.97 Å². The first-order valence-corrected chi connectivity index (χ1v) is 11.5. The summed E-state index contributed by atoms with van der Waals surface area (Å²) < 4.78 is 4.87. The summed E-state index contributed by atoms with van der Waals surface area (Å²) in [6.45, 7) is 3.44. The summed E-state index contributed by atoms with van der Waals surface area (Å²) in [5.41, 5.74) is 0. The van der Waals surface area contributed by atoms with E-state index in [4.69, 9.17) is 14.9 Å². The standard InChI is InChI=1S/C23H44O5/c1-3-4-5-12-15-21(20(2)25)16-13-10-8-6-7-9-11-14-17-23(27)28-19-22(26)18-24/h21-22,24,26H,3-19H2,1-2H3. The predicted molar refractivity (Wildman–Crippen MR) is 113 cm³/mol. The second-order valence-corrected chi connectivity index (χ2v) is 8.04. The quantitative estimate of drug-likeness (QED) is 0.223. The highest BCUT2D eigenvalue weighted by Gasteiger charge is 2.13. The zero-order valence-electron chi connectivity index (χ0n) is 18.3. The molecular weight excluding hydrogens is 356 g/mol. The van der Waals surface area contributed by atoms with Crippen molar-refractivity contribution in [1.82, 2.24) is 0 Å². The van der Waals surface area contributed by atoms with Crippen molar-refractivity contribution >= 4 is 11.8 Å². The topological polar surface area (TPSA) is 83.8 Å². The Labute approximate surface area is 172 Å². The van der Waals surface area contributed by atoms with E-state index in [1.54, 1.807) is 6.92 Å². The molecule has 0 aliphatic carbocycles. The Morgan fingerprint density at radius 1 is 0.821 bits per heavy atom. The third-order valence-corrected chi connectivity index (χ3v) is 5.31. The molecule has 0 saturated heterocycles. The van der Waals surface area contributed by atoms with Crippen LogP contribution in [0.3, 0.4) is 0 Å². The highest BCUT2D eigenvalue weighted by atomic mass is 16.5. The Bertz CT molecular complexity index is 383. The number of carbonyl (C=O) groups is 2. The Balaban J connectivity index is 3.48. The molecule has 0 heterocycles. The lowest BCUT2D eigenvalue weighted by Crippen LogP contribution is -2.21. The molecule has 0 fully saturated rings. The molecule has 2 N–H and O–H groups in total. The average Bonchev–Trinajstić information content (AvgIpc) is 2.68. The Morgan fingerprint density at radius 2 is 1.32 bits per heavy atom. The second-order valence-electron chi connectivity index (χ2n) is 8.04. The average molecular weight is 401 g/mol. The van der Waals surface area contributed by atoms with Crippen LogP contribution in [0, 0.1) is 5.92 Å². The van der Waals surface area contributed by atoms with Crippen LogP contribution in [0.25, 0.3) is 0 Å². The summed E-state index contributed by atoms with van der Waals surface area (Å²) in [6.07, 6.45) is 15.4. The van der Waals surface area contributed by atoms with Gasteiger partial charge in [-0.3, -0.25) is 9.59 Å². The first kappa shape index (κ1) is 27.1. The highest BCUT2D eigenvalue weighted by Crippen LogP contribution is 2.20. The molecular formula is C23H44O5. The number of aliphatic hydroxyl groups excluding tert-OH is 2. The van der Waals surface area contributed by atoms with Crippen molar-refractivity contribution in [3.8, 4) is 0 Å². The van der Waals surface area contributed by atoms with E-state index < -0.39 is 6.10 Å². The van der Waals surface area contributed by atoms with Gasteiger partial charge in [-0.2, -0.15) is 0 Å². The van der Waals surface area contributed by atoms with Crippen LogP contribution in [-0.2, 0) is 14.3 Å². The number of hydrogen-bond acceptors (Lipinski definition) is 5. The van der Waals surface area contributed by atoms with Crippen LogP contribution in [0.15, 0.2) is 0 Å². The zero-order valence-corrected chi connectivity index (χ0v) is 18.3. The van der Waals surface area contributed by atoms with Gasteiger partial charge < -0.3 is 14.9 Å². The molecule has 0 bridgehead atoms. The van der Waals surface area contributed by atoms with Gasteiger partial charge in [0.15, 0.2) is 0 Å². The number of ether oxygens (including phenoxy) is 1. The number of aliphatic hydroxyl groups is 2. The van der Waals surface area contributed by atoms with E-state index in [-0.39, 0.29) is 25.1 Å². The Morgan fingerprint density at radius 3 is 1.82 bits per heavy atom. The van der Waals surface area contributed by atoms with Gasteiger partial charge in [0.25, 0.3) is 0 Å². The molecule has 0 aromatic heterocycles. The lowest BCUT2D eigenvalue weighted by Gasteiger charge is -2.13. The minimum absolute atomic E-state index is 0.126. The number of esters is 1. The number of hydrogen-bond donors (Lipinski definition) is 2. The summed E-state index contributed by atoms with van der Waals surface area (Å²) in [6, 6.07) is 0. The summed E-state index contributed by atoms with van der Waals surface area (Å²) >= 11 is 0. The SMILES string of the molecule is CCCCCCC(CCCCCCCCCCC(=O)OCC(O)CO)C(C)=O. The third-order valence-electron chi connectivity index (χ3n) is 5.31. The van der Waals surface area contributed by atoms with Crippen LogP contribution in [0.5, 0.6) is 0 Å². The fraction of sp³-hybridized carbons (Fsp3) is 0.913. The third kappa shape index (κ3) is 17.2. The first-order valence-electron chi connectivity index (χ1n) is 11.5. The van der Waals surface area contributed by atoms with Crippen molar-refractivity contribution in [3.05, 3.63) is 0 Å². The number of unbranched alkanes of at least 4 members (excludes halogenated alkanes) is 10. The van der Waals surface area contributed by atoms with Crippen LogP contribution in [0.2, 0.25) is 0 Å². The summed E-state index contributed by atoms with van der Waals surface area (Å²) in [5, 5.41) is 17.8. The normalized spacial score (nSPS) is 13.3. The molecule has 28 heavy (non-hydrogen) atoms. The smallest absolute Gasteiger partial charge is 0.305 e. The summed E-state index contributed by atoms with van der Waals surface area (Å²) in [7, 11) is 0. The minimum atomic E-state index is -0.976. The molecule has 0 spiro atoms.